The van der Waals surface area contributed by atoms with Gasteiger partial charge >= 0.3 is 0 Å². The molecular formula is C10H10BrN3. The Balaban J connectivity index is 2.48. The first-order valence-corrected chi connectivity index (χ1v) is 5.44. The fourth-order valence-electron chi connectivity index (χ4n) is 1.32. The molecule has 1 aromatic carbocycles. The second kappa shape index (κ2) is 3.92. The van der Waals surface area contributed by atoms with Crippen LogP contribution in [-0.2, 0) is 12.4 Å². The zero-order chi connectivity index (χ0) is 9.97. The number of aromatic nitrogens is 3. The summed E-state index contributed by atoms with van der Waals surface area (Å²) in [5, 5.41) is 8.94. The predicted octanol–water partition coefficient (Wildman–Crippen LogP) is 2.38. The first kappa shape index (κ1) is 9.40. The van der Waals surface area contributed by atoms with Gasteiger partial charge in [-0.25, -0.2) is 0 Å². The SMILES string of the molecule is Cn1c(CBr)nnc1-c1ccccc1. The average Bonchev–Trinajstić information content (AvgIpc) is 2.61. The summed E-state index contributed by atoms with van der Waals surface area (Å²) < 4.78 is 1.99. The van der Waals surface area contributed by atoms with E-state index >= 15 is 0 Å². The maximum absolute atomic E-state index is 4.14. The molecule has 2 aromatic rings. The Bertz CT molecular complexity index is 422. The van der Waals surface area contributed by atoms with Crippen LogP contribution in [0.5, 0.6) is 0 Å². The Hall–Kier alpha value is -1.16. The van der Waals surface area contributed by atoms with E-state index in [1.807, 2.05) is 41.9 Å². The predicted molar refractivity (Wildman–Crippen MR) is 59.1 cm³/mol. The fourth-order valence-corrected chi connectivity index (χ4v) is 1.80. The third-order valence-corrected chi connectivity index (χ3v) is 2.62. The maximum atomic E-state index is 4.14. The van der Waals surface area contributed by atoms with Crippen molar-refractivity contribution in [2.75, 3.05) is 0 Å². The molecule has 1 aromatic heterocycles. The summed E-state index contributed by atoms with van der Waals surface area (Å²) >= 11 is 3.37. The number of hydrogen-bond acceptors (Lipinski definition) is 2. The molecule has 0 aliphatic rings. The lowest BCUT2D eigenvalue weighted by atomic mass is 10.2. The van der Waals surface area contributed by atoms with Gasteiger partial charge in [0.25, 0.3) is 0 Å². The average molecular weight is 252 g/mol. The summed E-state index contributed by atoms with van der Waals surface area (Å²) in [6.07, 6.45) is 0. The highest BCUT2D eigenvalue weighted by atomic mass is 79.9. The lowest BCUT2D eigenvalue weighted by Crippen LogP contribution is -1.96. The zero-order valence-electron chi connectivity index (χ0n) is 7.81. The molecule has 0 saturated carbocycles. The lowest BCUT2D eigenvalue weighted by molar-refractivity contribution is 0.859. The van der Waals surface area contributed by atoms with Crippen LogP contribution < -0.4 is 0 Å². The Morgan fingerprint density at radius 1 is 1.21 bits per heavy atom. The van der Waals surface area contributed by atoms with E-state index in [1.54, 1.807) is 0 Å². The first-order chi connectivity index (χ1) is 6.83. The van der Waals surface area contributed by atoms with Crippen molar-refractivity contribution in [3.63, 3.8) is 0 Å². The van der Waals surface area contributed by atoms with Crippen molar-refractivity contribution in [2.24, 2.45) is 7.05 Å². The van der Waals surface area contributed by atoms with Gasteiger partial charge in [0.1, 0.15) is 5.82 Å². The van der Waals surface area contributed by atoms with Crippen molar-refractivity contribution >= 4 is 15.9 Å². The zero-order valence-corrected chi connectivity index (χ0v) is 9.40. The summed E-state index contributed by atoms with van der Waals surface area (Å²) in [5.74, 6) is 1.84. The Labute approximate surface area is 90.9 Å². The topological polar surface area (TPSA) is 30.7 Å². The molecule has 0 saturated heterocycles. The standard InChI is InChI=1S/C10H10BrN3/c1-14-9(7-11)12-13-10(14)8-5-3-2-4-6-8/h2-6H,7H2,1H3. The Kier molecular flexibility index (Phi) is 2.63. The summed E-state index contributed by atoms with van der Waals surface area (Å²) in [4.78, 5) is 0. The molecule has 72 valence electrons. The molecule has 0 fully saturated rings. The van der Waals surface area contributed by atoms with Crippen LogP contribution in [-0.4, -0.2) is 14.8 Å². The van der Waals surface area contributed by atoms with Crippen molar-refractivity contribution in [1.82, 2.24) is 14.8 Å². The molecule has 0 spiro atoms. The van der Waals surface area contributed by atoms with E-state index < -0.39 is 0 Å². The van der Waals surface area contributed by atoms with Crippen LogP contribution in [0.4, 0.5) is 0 Å². The van der Waals surface area contributed by atoms with E-state index in [9.17, 15) is 0 Å². The smallest absolute Gasteiger partial charge is 0.163 e. The third-order valence-electron chi connectivity index (χ3n) is 2.12. The molecule has 0 radical (unpaired) electrons. The molecule has 14 heavy (non-hydrogen) atoms. The van der Waals surface area contributed by atoms with Crippen LogP contribution in [0.25, 0.3) is 11.4 Å². The molecule has 0 aliphatic heterocycles. The van der Waals surface area contributed by atoms with Crippen molar-refractivity contribution in [3.05, 3.63) is 36.2 Å². The normalized spacial score (nSPS) is 10.4. The van der Waals surface area contributed by atoms with Gasteiger partial charge in [-0.3, -0.25) is 0 Å². The molecule has 0 amide bonds. The second-order valence-corrected chi connectivity index (χ2v) is 3.56. The van der Waals surface area contributed by atoms with Crippen LogP contribution in [0, 0.1) is 0 Å². The highest BCUT2D eigenvalue weighted by molar-refractivity contribution is 9.08. The third kappa shape index (κ3) is 1.57. The van der Waals surface area contributed by atoms with Gasteiger partial charge in [0, 0.05) is 12.6 Å². The molecule has 0 atom stereocenters. The van der Waals surface area contributed by atoms with Crippen LogP contribution in [0.15, 0.2) is 30.3 Å². The van der Waals surface area contributed by atoms with E-state index in [2.05, 4.69) is 26.1 Å². The second-order valence-electron chi connectivity index (χ2n) is 3.00. The van der Waals surface area contributed by atoms with Crippen molar-refractivity contribution in [3.8, 4) is 11.4 Å². The van der Waals surface area contributed by atoms with Gasteiger partial charge in [-0.2, -0.15) is 0 Å². The lowest BCUT2D eigenvalue weighted by Gasteiger charge is -2.01. The number of benzene rings is 1. The van der Waals surface area contributed by atoms with Gasteiger partial charge < -0.3 is 4.57 Å². The van der Waals surface area contributed by atoms with Gasteiger partial charge in [-0.15, -0.1) is 10.2 Å². The van der Waals surface area contributed by atoms with E-state index in [0.717, 1.165) is 22.5 Å². The van der Waals surface area contributed by atoms with Gasteiger partial charge in [0.05, 0.1) is 5.33 Å². The van der Waals surface area contributed by atoms with Crippen LogP contribution in [0.1, 0.15) is 5.82 Å². The summed E-state index contributed by atoms with van der Waals surface area (Å²) in [5.41, 5.74) is 1.09. The highest BCUT2D eigenvalue weighted by Crippen LogP contribution is 2.17. The van der Waals surface area contributed by atoms with Crippen molar-refractivity contribution in [2.45, 2.75) is 5.33 Å². The van der Waals surface area contributed by atoms with E-state index in [1.165, 1.54) is 0 Å². The highest BCUT2D eigenvalue weighted by Gasteiger charge is 2.08. The minimum Gasteiger partial charge on any atom is -0.313 e. The number of rotatable bonds is 2. The largest absolute Gasteiger partial charge is 0.313 e. The van der Waals surface area contributed by atoms with Crippen molar-refractivity contribution < 1.29 is 0 Å². The molecule has 3 nitrogen and oxygen atoms in total. The first-order valence-electron chi connectivity index (χ1n) is 4.32. The van der Waals surface area contributed by atoms with Gasteiger partial charge in [-0.05, 0) is 0 Å². The molecule has 1 heterocycles. The number of nitrogens with zero attached hydrogens (tertiary/aromatic N) is 3. The molecule has 0 unspecified atom stereocenters. The quantitative estimate of drug-likeness (QED) is 0.768. The molecule has 0 N–H and O–H groups in total. The van der Waals surface area contributed by atoms with Crippen LogP contribution >= 0.6 is 15.9 Å². The molecule has 4 heteroatoms. The molecular weight excluding hydrogens is 242 g/mol. The van der Waals surface area contributed by atoms with Gasteiger partial charge in [0.15, 0.2) is 5.82 Å². The Morgan fingerprint density at radius 3 is 2.50 bits per heavy atom. The number of halogens is 1. The minimum atomic E-state index is 0.726. The van der Waals surface area contributed by atoms with Gasteiger partial charge in [-0.1, -0.05) is 46.3 Å². The van der Waals surface area contributed by atoms with E-state index in [0.29, 0.717) is 0 Å². The molecule has 0 aliphatic carbocycles. The number of alkyl halides is 1. The van der Waals surface area contributed by atoms with Crippen LogP contribution in [0.3, 0.4) is 0 Å². The maximum Gasteiger partial charge on any atom is 0.163 e. The van der Waals surface area contributed by atoms with E-state index in [-0.39, 0.29) is 0 Å². The number of hydrogen-bond donors (Lipinski definition) is 0. The fraction of sp³-hybridized carbons (Fsp3) is 0.200. The van der Waals surface area contributed by atoms with Gasteiger partial charge in [0.2, 0.25) is 0 Å². The van der Waals surface area contributed by atoms with Crippen LogP contribution in [0.2, 0.25) is 0 Å². The van der Waals surface area contributed by atoms with Crippen molar-refractivity contribution in [1.29, 1.82) is 0 Å². The summed E-state index contributed by atoms with van der Waals surface area (Å²) in [7, 11) is 1.97. The monoisotopic (exact) mass is 251 g/mol. The molecule has 0 bridgehead atoms. The molecule has 2 rings (SSSR count). The van der Waals surface area contributed by atoms with E-state index in [4.69, 9.17) is 0 Å². The minimum absolute atomic E-state index is 0.726. The summed E-state index contributed by atoms with van der Waals surface area (Å²) in [6.45, 7) is 0. The Morgan fingerprint density at radius 2 is 1.93 bits per heavy atom. The summed E-state index contributed by atoms with van der Waals surface area (Å²) in [6, 6.07) is 10.0.